The number of aliphatic hydroxyl groups excluding tert-OH is 1. The van der Waals surface area contributed by atoms with Crippen molar-refractivity contribution in [2.45, 2.75) is 24.0 Å². The highest BCUT2D eigenvalue weighted by Crippen LogP contribution is 2.49. The zero-order chi connectivity index (χ0) is 17.8. The van der Waals surface area contributed by atoms with Gasteiger partial charge in [0.2, 0.25) is 5.82 Å². The van der Waals surface area contributed by atoms with Crippen molar-refractivity contribution in [1.82, 2.24) is 19.6 Å². The van der Waals surface area contributed by atoms with E-state index >= 15 is 0 Å². The fraction of sp³-hybridized carbons (Fsp3) is 0.400. The minimum Gasteiger partial charge on any atom is -0.396 e. The van der Waals surface area contributed by atoms with Crippen LogP contribution in [0.3, 0.4) is 0 Å². The van der Waals surface area contributed by atoms with E-state index in [1.165, 1.54) is 17.8 Å². The standard InChI is InChI=1S/C15H12ClF3N4OS/c16-8-1-2-9-10(5-8)23-11(21-22-13(23)15(17,18)19)12(20-9)25-7-14(6-24)3-4-14/h1-2,5,24H,3-4,6-7H2. The molecule has 1 aromatic carbocycles. The fourth-order valence-corrected chi connectivity index (χ4v) is 4.02. The van der Waals surface area contributed by atoms with Crippen molar-refractivity contribution >= 4 is 40.0 Å². The summed E-state index contributed by atoms with van der Waals surface area (Å²) < 4.78 is 41.0. The van der Waals surface area contributed by atoms with E-state index in [0.717, 1.165) is 17.2 Å². The molecule has 0 atom stereocenters. The third-order valence-corrected chi connectivity index (χ3v) is 5.85. The van der Waals surface area contributed by atoms with Crippen molar-refractivity contribution in [3.63, 3.8) is 0 Å². The molecule has 0 saturated heterocycles. The monoisotopic (exact) mass is 388 g/mol. The summed E-state index contributed by atoms with van der Waals surface area (Å²) in [7, 11) is 0. The first-order valence-electron chi connectivity index (χ1n) is 7.48. The molecule has 2 heterocycles. The van der Waals surface area contributed by atoms with Crippen LogP contribution in [0.25, 0.3) is 16.7 Å². The lowest BCUT2D eigenvalue weighted by Crippen LogP contribution is -2.12. The van der Waals surface area contributed by atoms with Gasteiger partial charge in [0.1, 0.15) is 5.03 Å². The molecule has 25 heavy (non-hydrogen) atoms. The smallest absolute Gasteiger partial charge is 0.396 e. The molecule has 0 aliphatic heterocycles. The highest BCUT2D eigenvalue weighted by atomic mass is 35.5. The molecule has 1 aliphatic carbocycles. The second-order valence-electron chi connectivity index (χ2n) is 6.18. The lowest BCUT2D eigenvalue weighted by molar-refractivity contribution is -0.145. The Morgan fingerprint density at radius 2 is 2.04 bits per heavy atom. The quantitative estimate of drug-likeness (QED) is 0.688. The van der Waals surface area contributed by atoms with Gasteiger partial charge in [-0.2, -0.15) is 13.2 Å². The molecular formula is C15H12ClF3N4OS. The summed E-state index contributed by atoms with van der Waals surface area (Å²) in [6.07, 6.45) is -2.85. The van der Waals surface area contributed by atoms with Crippen LogP contribution in [0.15, 0.2) is 23.2 Å². The Morgan fingerprint density at radius 1 is 1.28 bits per heavy atom. The van der Waals surface area contributed by atoms with E-state index in [0.29, 0.717) is 21.3 Å². The molecule has 1 N–H and O–H groups in total. The first kappa shape index (κ1) is 16.9. The molecule has 1 saturated carbocycles. The second-order valence-corrected chi connectivity index (χ2v) is 7.58. The topological polar surface area (TPSA) is 63.3 Å². The van der Waals surface area contributed by atoms with Gasteiger partial charge >= 0.3 is 6.18 Å². The molecule has 1 aliphatic rings. The number of fused-ring (bicyclic) bond motifs is 3. The molecule has 4 rings (SSSR count). The maximum Gasteiger partial charge on any atom is 0.452 e. The van der Waals surface area contributed by atoms with Crippen molar-refractivity contribution in [1.29, 1.82) is 0 Å². The molecule has 3 aromatic rings. The molecule has 0 radical (unpaired) electrons. The zero-order valence-corrected chi connectivity index (χ0v) is 14.3. The number of rotatable bonds is 4. The Labute approximate surface area is 149 Å². The zero-order valence-electron chi connectivity index (χ0n) is 12.7. The molecule has 5 nitrogen and oxygen atoms in total. The molecule has 0 spiro atoms. The third kappa shape index (κ3) is 2.94. The molecule has 10 heteroatoms. The van der Waals surface area contributed by atoms with Gasteiger partial charge in [0.15, 0.2) is 5.65 Å². The SMILES string of the molecule is OCC1(CSc2nc3ccc(Cl)cc3n3c(C(F)(F)F)nnc23)CC1. The number of alkyl halides is 3. The first-order chi connectivity index (χ1) is 11.8. The third-order valence-electron chi connectivity index (χ3n) is 4.32. The summed E-state index contributed by atoms with van der Waals surface area (Å²) in [5.41, 5.74) is 0.456. The van der Waals surface area contributed by atoms with E-state index in [4.69, 9.17) is 11.6 Å². The predicted octanol–water partition coefficient (Wildman–Crippen LogP) is 3.81. The second kappa shape index (κ2) is 5.72. The van der Waals surface area contributed by atoms with Crippen LogP contribution < -0.4 is 0 Å². The van der Waals surface area contributed by atoms with E-state index in [9.17, 15) is 18.3 Å². The van der Waals surface area contributed by atoms with Crippen molar-refractivity contribution < 1.29 is 18.3 Å². The Kier molecular flexibility index (Phi) is 3.86. The molecule has 0 unspecified atom stereocenters. The number of nitrogens with zero attached hydrogens (tertiary/aromatic N) is 4. The average molecular weight is 389 g/mol. The summed E-state index contributed by atoms with van der Waals surface area (Å²) in [6.45, 7) is 0.0555. The molecule has 0 amide bonds. The van der Waals surface area contributed by atoms with Crippen molar-refractivity contribution in [2.24, 2.45) is 5.41 Å². The van der Waals surface area contributed by atoms with Gasteiger partial charge in [-0.05, 0) is 31.0 Å². The largest absolute Gasteiger partial charge is 0.452 e. The van der Waals surface area contributed by atoms with E-state index in [1.807, 2.05) is 0 Å². The van der Waals surface area contributed by atoms with Crippen LogP contribution in [-0.2, 0) is 6.18 Å². The average Bonchev–Trinajstić information content (AvgIpc) is 3.19. The first-order valence-corrected chi connectivity index (χ1v) is 8.85. The van der Waals surface area contributed by atoms with Gasteiger partial charge in [0, 0.05) is 22.8 Å². The molecular weight excluding hydrogens is 377 g/mol. The Balaban J connectivity index is 1.91. The summed E-state index contributed by atoms with van der Waals surface area (Å²) in [4.78, 5) is 4.44. The van der Waals surface area contributed by atoms with E-state index in [-0.39, 0.29) is 23.2 Å². The van der Waals surface area contributed by atoms with Crippen LogP contribution in [0.2, 0.25) is 5.02 Å². The molecule has 1 fully saturated rings. The Hall–Kier alpha value is -1.58. The predicted molar refractivity (Wildman–Crippen MR) is 87.8 cm³/mol. The van der Waals surface area contributed by atoms with E-state index in [2.05, 4.69) is 15.2 Å². The number of hydrogen-bond acceptors (Lipinski definition) is 5. The summed E-state index contributed by atoms with van der Waals surface area (Å²) in [5.74, 6) is -0.540. The molecule has 132 valence electrons. The number of thioether (sulfide) groups is 1. The van der Waals surface area contributed by atoms with Crippen LogP contribution in [0, 0.1) is 5.41 Å². The highest BCUT2D eigenvalue weighted by Gasteiger charge is 2.42. The molecule has 2 aromatic heterocycles. The van der Waals surface area contributed by atoms with Crippen LogP contribution in [0.1, 0.15) is 18.7 Å². The van der Waals surface area contributed by atoms with Crippen LogP contribution >= 0.6 is 23.4 Å². The number of halogens is 4. The van der Waals surface area contributed by atoms with Gasteiger partial charge in [0.25, 0.3) is 0 Å². The van der Waals surface area contributed by atoms with Gasteiger partial charge in [-0.25, -0.2) is 4.98 Å². The maximum atomic E-state index is 13.3. The minimum absolute atomic E-state index is 0.0424. The Bertz CT molecular complexity index is 971. The maximum absolute atomic E-state index is 13.3. The van der Waals surface area contributed by atoms with Crippen LogP contribution in [-0.4, -0.2) is 37.0 Å². The number of benzene rings is 1. The van der Waals surface area contributed by atoms with Crippen molar-refractivity contribution in [3.8, 4) is 0 Å². The van der Waals surface area contributed by atoms with Crippen LogP contribution in [0.4, 0.5) is 13.2 Å². The number of aliphatic hydroxyl groups is 1. The highest BCUT2D eigenvalue weighted by molar-refractivity contribution is 7.99. The van der Waals surface area contributed by atoms with E-state index in [1.54, 1.807) is 12.1 Å². The minimum atomic E-state index is -4.65. The van der Waals surface area contributed by atoms with Gasteiger partial charge in [-0.3, -0.25) is 4.40 Å². The fourth-order valence-electron chi connectivity index (χ4n) is 2.61. The lowest BCUT2D eigenvalue weighted by Gasteiger charge is -2.12. The van der Waals surface area contributed by atoms with Gasteiger partial charge in [0.05, 0.1) is 11.0 Å². The normalized spacial score (nSPS) is 16.7. The van der Waals surface area contributed by atoms with Gasteiger partial charge in [-0.15, -0.1) is 22.0 Å². The summed E-state index contributed by atoms with van der Waals surface area (Å²) in [6, 6.07) is 4.56. The number of hydrogen-bond donors (Lipinski definition) is 1. The van der Waals surface area contributed by atoms with E-state index < -0.39 is 12.0 Å². The summed E-state index contributed by atoms with van der Waals surface area (Å²) >= 11 is 7.24. The van der Waals surface area contributed by atoms with Crippen LogP contribution in [0.5, 0.6) is 0 Å². The van der Waals surface area contributed by atoms with Gasteiger partial charge in [-0.1, -0.05) is 11.6 Å². The Morgan fingerprint density at radius 3 is 2.68 bits per heavy atom. The van der Waals surface area contributed by atoms with Crippen molar-refractivity contribution in [3.05, 3.63) is 29.0 Å². The van der Waals surface area contributed by atoms with Gasteiger partial charge < -0.3 is 5.11 Å². The number of aromatic nitrogens is 4. The molecule has 0 bridgehead atoms. The lowest BCUT2D eigenvalue weighted by atomic mass is 10.2. The van der Waals surface area contributed by atoms with Crippen molar-refractivity contribution in [2.75, 3.05) is 12.4 Å². The summed E-state index contributed by atoms with van der Waals surface area (Å²) in [5, 5.41) is 17.1.